The van der Waals surface area contributed by atoms with Gasteiger partial charge >= 0.3 is 18.9 Å². The molecule has 0 fully saturated rings. The molecular weight excluding hydrogens is 155 g/mol. The van der Waals surface area contributed by atoms with Gasteiger partial charge in [0.2, 0.25) is 0 Å². The maximum atomic E-state index is 5.07. The average molecular weight is 164 g/mol. The molecule has 60 valence electrons. The fourth-order valence-corrected chi connectivity index (χ4v) is 1.22. The van der Waals surface area contributed by atoms with E-state index in [1.807, 2.05) is 30.3 Å². The Kier molecular flexibility index (Phi) is 3.42. The first-order valence-electron chi connectivity index (χ1n) is 3.85. The predicted octanol–water partition coefficient (Wildman–Crippen LogP) is -0.347. The molecule has 0 radical (unpaired) electrons. The molecule has 0 N–H and O–H groups in total. The van der Waals surface area contributed by atoms with Crippen LogP contribution in [0.5, 0.6) is 5.75 Å². The summed E-state index contributed by atoms with van der Waals surface area (Å²) in [6.07, 6.45) is 0. The van der Waals surface area contributed by atoms with Crippen LogP contribution in [0.15, 0.2) is 36.4 Å². The van der Waals surface area contributed by atoms with Crippen molar-refractivity contribution in [3.8, 4) is 5.75 Å². The Morgan fingerprint density at radius 3 is 2.62 bits per heavy atom. The van der Waals surface area contributed by atoms with Crippen molar-refractivity contribution in [1.82, 2.24) is 0 Å². The molecule has 1 nitrogen and oxygen atoms in total. The van der Waals surface area contributed by atoms with Crippen LogP contribution in [0.2, 0.25) is 0 Å². The molecule has 0 atom stereocenters. The van der Waals surface area contributed by atoms with Gasteiger partial charge in [0.25, 0.3) is 0 Å². The second-order valence-electron chi connectivity index (χ2n) is 2.61. The van der Waals surface area contributed by atoms with Gasteiger partial charge in [0.05, 0.1) is 7.11 Å². The van der Waals surface area contributed by atoms with E-state index >= 15 is 0 Å². The van der Waals surface area contributed by atoms with Gasteiger partial charge in [-0.3, -0.25) is 0 Å². The summed E-state index contributed by atoms with van der Waals surface area (Å²) in [5.74, 6) is 0.786. The monoisotopic (exact) mass is 164 g/mol. The number of hydrogen-bond acceptors (Lipinski definition) is 1. The Bertz CT molecular complexity index is 398. The molecular formula is C11H9LiO. The Hall–Kier alpha value is -0.903. The Labute approximate surface area is 89.9 Å². The van der Waals surface area contributed by atoms with E-state index in [1.54, 1.807) is 7.11 Å². The number of rotatable bonds is 1. The summed E-state index contributed by atoms with van der Waals surface area (Å²) < 4.78 is 5.07. The van der Waals surface area contributed by atoms with Crippen LogP contribution in [0.25, 0.3) is 10.8 Å². The second kappa shape index (κ2) is 4.37. The number of ether oxygens (including phenoxy) is 1. The predicted molar refractivity (Wildman–Crippen MR) is 49.3 cm³/mol. The van der Waals surface area contributed by atoms with E-state index < -0.39 is 0 Å². The summed E-state index contributed by atoms with van der Waals surface area (Å²) in [4.78, 5) is 0. The molecule has 0 heterocycles. The quantitative estimate of drug-likeness (QED) is 0.413. The van der Waals surface area contributed by atoms with E-state index in [9.17, 15) is 0 Å². The standard InChI is InChI=1S/C11H9O.Li/c1-12-11-7-6-9-4-2-3-5-10(9)8-11;/h2-7H,1H3;/q-1;+1. The number of hydrogen-bond donors (Lipinski definition) is 0. The van der Waals surface area contributed by atoms with Gasteiger partial charge in [-0.25, -0.2) is 0 Å². The maximum absolute atomic E-state index is 5.07. The summed E-state index contributed by atoms with van der Waals surface area (Å²) in [5.41, 5.74) is 0. The molecule has 2 heteroatoms. The van der Waals surface area contributed by atoms with E-state index in [-0.39, 0.29) is 18.9 Å². The van der Waals surface area contributed by atoms with Crippen molar-refractivity contribution in [3.63, 3.8) is 0 Å². The van der Waals surface area contributed by atoms with Gasteiger partial charge in [-0.2, -0.15) is 0 Å². The largest absolute Gasteiger partial charge is 1.00 e. The maximum Gasteiger partial charge on any atom is 1.00 e. The fourth-order valence-electron chi connectivity index (χ4n) is 1.22. The van der Waals surface area contributed by atoms with E-state index in [1.165, 1.54) is 5.39 Å². The Morgan fingerprint density at radius 1 is 1.08 bits per heavy atom. The van der Waals surface area contributed by atoms with E-state index in [0.29, 0.717) is 0 Å². The van der Waals surface area contributed by atoms with E-state index in [0.717, 1.165) is 11.1 Å². The van der Waals surface area contributed by atoms with Crippen LogP contribution in [-0.4, -0.2) is 7.11 Å². The van der Waals surface area contributed by atoms with Gasteiger partial charge in [0.15, 0.2) is 0 Å². The van der Waals surface area contributed by atoms with Gasteiger partial charge in [0.1, 0.15) is 0 Å². The van der Waals surface area contributed by atoms with Crippen molar-refractivity contribution in [2.24, 2.45) is 0 Å². The van der Waals surface area contributed by atoms with Crippen molar-refractivity contribution < 1.29 is 23.6 Å². The molecule has 0 amide bonds. The summed E-state index contributed by atoms with van der Waals surface area (Å²) in [5, 5.41) is 2.29. The minimum atomic E-state index is 0. The molecule has 13 heavy (non-hydrogen) atoms. The van der Waals surface area contributed by atoms with Gasteiger partial charge in [-0.1, -0.05) is 18.2 Å². The SMILES string of the molecule is COc1[c-]c2ccccc2cc1.[Li+]. The van der Waals surface area contributed by atoms with Gasteiger partial charge < -0.3 is 4.74 Å². The number of fused-ring (bicyclic) bond motifs is 1. The third kappa shape index (κ3) is 2.06. The number of methoxy groups -OCH3 is 1. The van der Waals surface area contributed by atoms with E-state index in [4.69, 9.17) is 4.74 Å². The molecule has 2 aromatic rings. The zero-order chi connectivity index (χ0) is 8.39. The third-order valence-corrected chi connectivity index (χ3v) is 1.85. The van der Waals surface area contributed by atoms with E-state index in [2.05, 4.69) is 12.1 Å². The zero-order valence-corrected chi connectivity index (χ0v) is 7.87. The van der Waals surface area contributed by atoms with Crippen molar-refractivity contribution in [2.45, 2.75) is 0 Å². The summed E-state index contributed by atoms with van der Waals surface area (Å²) in [7, 11) is 1.65. The minimum absolute atomic E-state index is 0. The van der Waals surface area contributed by atoms with Crippen LogP contribution in [0.3, 0.4) is 0 Å². The average Bonchev–Trinajstić information content (AvgIpc) is 2.17. The molecule has 0 saturated carbocycles. The van der Waals surface area contributed by atoms with Crippen LogP contribution in [-0.2, 0) is 0 Å². The molecule has 0 spiro atoms. The minimum Gasteiger partial charge on any atom is -0.516 e. The third-order valence-electron chi connectivity index (χ3n) is 1.85. The first kappa shape index (κ1) is 10.2. The van der Waals surface area contributed by atoms with Crippen LogP contribution < -0.4 is 23.6 Å². The molecule has 0 aliphatic rings. The Morgan fingerprint density at radius 2 is 1.85 bits per heavy atom. The topological polar surface area (TPSA) is 9.23 Å². The first-order valence-corrected chi connectivity index (χ1v) is 3.85. The van der Waals surface area contributed by atoms with Crippen LogP contribution in [0.4, 0.5) is 0 Å². The molecule has 0 aliphatic carbocycles. The molecule has 0 aliphatic heterocycles. The fraction of sp³-hybridized carbons (Fsp3) is 0.0909. The normalized spacial score (nSPS) is 9.31. The molecule has 2 aromatic carbocycles. The number of benzene rings is 2. The van der Waals surface area contributed by atoms with Gasteiger partial charge in [-0.15, -0.1) is 35.0 Å². The second-order valence-corrected chi connectivity index (χ2v) is 2.61. The molecule has 0 bridgehead atoms. The van der Waals surface area contributed by atoms with Crippen molar-refractivity contribution in [3.05, 3.63) is 42.5 Å². The smallest absolute Gasteiger partial charge is 0.516 e. The summed E-state index contributed by atoms with van der Waals surface area (Å²) >= 11 is 0. The Balaban J connectivity index is 0.000000845. The van der Waals surface area contributed by atoms with Crippen molar-refractivity contribution >= 4 is 10.8 Å². The first-order chi connectivity index (χ1) is 5.90. The zero-order valence-electron chi connectivity index (χ0n) is 7.87. The van der Waals surface area contributed by atoms with Crippen molar-refractivity contribution in [2.75, 3.05) is 7.11 Å². The molecule has 0 aromatic heterocycles. The van der Waals surface area contributed by atoms with Crippen LogP contribution in [0, 0.1) is 6.07 Å². The van der Waals surface area contributed by atoms with Crippen LogP contribution in [0.1, 0.15) is 0 Å². The van der Waals surface area contributed by atoms with Gasteiger partial charge in [0, 0.05) is 5.75 Å². The molecule has 2 rings (SSSR count). The molecule has 0 saturated heterocycles. The summed E-state index contributed by atoms with van der Waals surface area (Å²) in [6.45, 7) is 0. The summed E-state index contributed by atoms with van der Waals surface area (Å²) in [6, 6.07) is 15.2. The molecule has 0 unspecified atom stereocenters. The van der Waals surface area contributed by atoms with Crippen molar-refractivity contribution in [1.29, 1.82) is 0 Å². The van der Waals surface area contributed by atoms with Gasteiger partial charge in [-0.05, 0) is 0 Å². The van der Waals surface area contributed by atoms with Crippen LogP contribution >= 0.6 is 0 Å².